The predicted octanol–water partition coefficient (Wildman–Crippen LogP) is 2.57. The zero-order valence-corrected chi connectivity index (χ0v) is 10.7. The molecule has 0 aliphatic heterocycles. The first-order valence-electron chi connectivity index (χ1n) is 5.59. The van der Waals surface area contributed by atoms with Crippen molar-refractivity contribution in [3.8, 4) is 11.5 Å². The minimum atomic E-state index is -0.856. The van der Waals surface area contributed by atoms with Gasteiger partial charge in [0.2, 0.25) is 0 Å². The number of methoxy groups -OCH3 is 1. The third-order valence-electron chi connectivity index (χ3n) is 2.19. The van der Waals surface area contributed by atoms with E-state index < -0.39 is 5.60 Å². The van der Waals surface area contributed by atoms with Crippen molar-refractivity contribution in [3.63, 3.8) is 0 Å². The molecule has 0 unspecified atom stereocenters. The Labute approximate surface area is 103 Å². The van der Waals surface area contributed by atoms with Gasteiger partial charge in [0.15, 0.2) is 11.5 Å². The maximum atomic E-state index is 9.60. The molecule has 0 bridgehead atoms. The summed E-state index contributed by atoms with van der Waals surface area (Å²) in [5, 5.41) is 9.60. The van der Waals surface area contributed by atoms with Gasteiger partial charge in [-0.1, -0.05) is 12.1 Å². The van der Waals surface area contributed by atoms with Crippen LogP contribution in [0.3, 0.4) is 0 Å². The highest BCUT2D eigenvalue weighted by atomic mass is 16.5. The van der Waals surface area contributed by atoms with E-state index in [2.05, 4.69) is 6.58 Å². The zero-order valence-electron chi connectivity index (χ0n) is 10.7. The molecule has 1 rings (SSSR count). The van der Waals surface area contributed by atoms with Gasteiger partial charge >= 0.3 is 0 Å². The summed E-state index contributed by atoms with van der Waals surface area (Å²) in [5.74, 6) is 1.32. The smallest absolute Gasteiger partial charge is 0.161 e. The second-order valence-corrected chi connectivity index (χ2v) is 4.58. The molecule has 3 heteroatoms. The molecule has 0 aliphatic carbocycles. The first kappa shape index (κ1) is 13.6. The summed E-state index contributed by atoms with van der Waals surface area (Å²) in [4.78, 5) is 0. The van der Waals surface area contributed by atoms with E-state index in [1.165, 1.54) is 0 Å². The largest absolute Gasteiger partial charge is 0.493 e. The van der Waals surface area contributed by atoms with Crippen molar-refractivity contribution in [2.75, 3.05) is 13.7 Å². The third kappa shape index (κ3) is 4.49. The number of hydrogen-bond donors (Lipinski definition) is 1. The molecule has 17 heavy (non-hydrogen) atoms. The molecule has 0 heterocycles. The molecule has 0 fully saturated rings. The molecular weight excluding hydrogens is 216 g/mol. The van der Waals surface area contributed by atoms with Crippen LogP contribution in [0.1, 0.15) is 19.4 Å². The van der Waals surface area contributed by atoms with E-state index >= 15 is 0 Å². The molecule has 0 aromatic heterocycles. The van der Waals surface area contributed by atoms with Crippen LogP contribution < -0.4 is 9.47 Å². The minimum absolute atomic E-state index is 0.226. The van der Waals surface area contributed by atoms with E-state index in [1.54, 1.807) is 21.0 Å². The molecule has 94 valence electrons. The highest BCUT2D eigenvalue weighted by molar-refractivity contribution is 5.43. The SMILES string of the molecule is C=CCc1ccc(OCC(C)(C)O)c(OC)c1. The predicted molar refractivity (Wildman–Crippen MR) is 68.7 cm³/mol. The highest BCUT2D eigenvalue weighted by Crippen LogP contribution is 2.28. The van der Waals surface area contributed by atoms with E-state index in [9.17, 15) is 5.11 Å². The maximum absolute atomic E-state index is 9.60. The molecule has 1 aromatic rings. The van der Waals surface area contributed by atoms with Crippen molar-refractivity contribution >= 4 is 0 Å². The van der Waals surface area contributed by atoms with Crippen LogP contribution in [0, 0.1) is 0 Å². The number of ether oxygens (including phenoxy) is 2. The first-order valence-corrected chi connectivity index (χ1v) is 5.59. The minimum Gasteiger partial charge on any atom is -0.493 e. The normalized spacial score (nSPS) is 11.1. The number of rotatable bonds is 6. The standard InChI is InChI=1S/C14H20O3/c1-5-6-11-7-8-12(13(9-11)16-4)17-10-14(2,3)15/h5,7-9,15H,1,6,10H2,2-4H3. The molecule has 1 N–H and O–H groups in total. The lowest BCUT2D eigenvalue weighted by atomic mass is 10.1. The van der Waals surface area contributed by atoms with Crippen LogP contribution in [0.25, 0.3) is 0 Å². The fraction of sp³-hybridized carbons (Fsp3) is 0.429. The molecule has 0 saturated heterocycles. The topological polar surface area (TPSA) is 38.7 Å². The van der Waals surface area contributed by atoms with E-state index in [-0.39, 0.29) is 6.61 Å². The van der Waals surface area contributed by atoms with Crippen molar-refractivity contribution in [3.05, 3.63) is 36.4 Å². The Hall–Kier alpha value is -1.48. The second-order valence-electron chi connectivity index (χ2n) is 4.58. The molecule has 0 amide bonds. The van der Waals surface area contributed by atoms with E-state index in [0.717, 1.165) is 12.0 Å². The van der Waals surface area contributed by atoms with Gasteiger partial charge in [-0.05, 0) is 38.0 Å². The van der Waals surface area contributed by atoms with Crippen LogP contribution in [-0.4, -0.2) is 24.4 Å². The fourth-order valence-electron chi connectivity index (χ4n) is 1.38. The quantitative estimate of drug-likeness (QED) is 0.771. The van der Waals surface area contributed by atoms with Crippen molar-refractivity contribution in [2.45, 2.75) is 25.9 Å². The summed E-state index contributed by atoms with van der Waals surface area (Å²) < 4.78 is 10.8. The van der Waals surface area contributed by atoms with E-state index in [4.69, 9.17) is 9.47 Å². The van der Waals surface area contributed by atoms with Gasteiger partial charge in [0, 0.05) is 0 Å². The number of aliphatic hydroxyl groups is 1. The summed E-state index contributed by atoms with van der Waals surface area (Å²) in [5.41, 5.74) is 0.262. The lowest BCUT2D eigenvalue weighted by molar-refractivity contribution is 0.0276. The van der Waals surface area contributed by atoms with Gasteiger partial charge in [-0.2, -0.15) is 0 Å². The maximum Gasteiger partial charge on any atom is 0.161 e. The second kappa shape index (κ2) is 5.73. The number of benzene rings is 1. The Bertz CT molecular complexity index is 378. The van der Waals surface area contributed by atoms with Gasteiger partial charge in [0.25, 0.3) is 0 Å². The summed E-state index contributed by atoms with van der Waals surface area (Å²) in [6.07, 6.45) is 2.63. The summed E-state index contributed by atoms with van der Waals surface area (Å²) in [6, 6.07) is 5.73. The number of hydrogen-bond acceptors (Lipinski definition) is 3. The summed E-state index contributed by atoms with van der Waals surface area (Å²) >= 11 is 0. The lowest BCUT2D eigenvalue weighted by Crippen LogP contribution is -2.27. The van der Waals surface area contributed by atoms with Crippen LogP contribution in [0.2, 0.25) is 0 Å². The van der Waals surface area contributed by atoms with Gasteiger partial charge in [-0.3, -0.25) is 0 Å². The van der Waals surface area contributed by atoms with E-state index in [1.807, 2.05) is 24.3 Å². The Kier molecular flexibility index (Phi) is 4.58. The molecule has 0 radical (unpaired) electrons. The van der Waals surface area contributed by atoms with Crippen molar-refractivity contribution in [1.29, 1.82) is 0 Å². The van der Waals surface area contributed by atoms with Crippen molar-refractivity contribution in [1.82, 2.24) is 0 Å². The van der Waals surface area contributed by atoms with Crippen LogP contribution >= 0.6 is 0 Å². The molecular formula is C14H20O3. The fourth-order valence-corrected chi connectivity index (χ4v) is 1.38. The van der Waals surface area contributed by atoms with Crippen LogP contribution in [0.4, 0.5) is 0 Å². The summed E-state index contributed by atoms with van der Waals surface area (Å²) in [7, 11) is 1.60. The van der Waals surface area contributed by atoms with E-state index in [0.29, 0.717) is 11.5 Å². The molecule has 0 atom stereocenters. The number of allylic oxidation sites excluding steroid dienone is 1. The molecule has 1 aromatic carbocycles. The van der Waals surface area contributed by atoms with Gasteiger partial charge < -0.3 is 14.6 Å². The monoisotopic (exact) mass is 236 g/mol. The Morgan fingerprint density at radius 1 is 1.35 bits per heavy atom. The molecule has 0 spiro atoms. The van der Waals surface area contributed by atoms with Gasteiger partial charge in [-0.15, -0.1) is 6.58 Å². The third-order valence-corrected chi connectivity index (χ3v) is 2.19. The van der Waals surface area contributed by atoms with Crippen molar-refractivity contribution in [2.24, 2.45) is 0 Å². The van der Waals surface area contributed by atoms with Gasteiger partial charge in [0.1, 0.15) is 6.61 Å². The van der Waals surface area contributed by atoms with Crippen LogP contribution in [0.15, 0.2) is 30.9 Å². The summed E-state index contributed by atoms with van der Waals surface area (Å²) in [6.45, 7) is 7.32. The van der Waals surface area contributed by atoms with Crippen molar-refractivity contribution < 1.29 is 14.6 Å². The molecule has 0 aliphatic rings. The average molecular weight is 236 g/mol. The molecule has 3 nitrogen and oxygen atoms in total. The Balaban J connectivity index is 2.81. The average Bonchev–Trinajstić information content (AvgIpc) is 2.26. The lowest BCUT2D eigenvalue weighted by Gasteiger charge is -2.19. The Morgan fingerprint density at radius 2 is 2.06 bits per heavy atom. The van der Waals surface area contributed by atoms with Crippen LogP contribution in [-0.2, 0) is 6.42 Å². The first-order chi connectivity index (χ1) is 7.96. The van der Waals surface area contributed by atoms with Gasteiger partial charge in [0.05, 0.1) is 12.7 Å². The van der Waals surface area contributed by atoms with Crippen LogP contribution in [0.5, 0.6) is 11.5 Å². The zero-order chi connectivity index (χ0) is 12.9. The highest BCUT2D eigenvalue weighted by Gasteiger charge is 2.15. The van der Waals surface area contributed by atoms with Gasteiger partial charge in [-0.25, -0.2) is 0 Å². The Morgan fingerprint density at radius 3 is 2.59 bits per heavy atom. The molecule has 0 saturated carbocycles.